The van der Waals surface area contributed by atoms with Crippen LogP contribution in [-0.4, -0.2) is 42.1 Å². The molecule has 1 N–H and O–H groups in total. The number of amides is 2. The Morgan fingerprint density at radius 3 is 2.29 bits per heavy atom. The third-order valence-electron chi connectivity index (χ3n) is 2.39. The molecule has 0 unspecified atom stereocenters. The Labute approximate surface area is 100 Å². The molecule has 0 aliphatic carbocycles. The number of carboxylic acid groups (broad SMARTS) is 1. The molecule has 0 spiro atoms. The molecule has 17 heavy (non-hydrogen) atoms. The maximum Gasteiger partial charge on any atom is 0.324 e. The van der Waals surface area contributed by atoms with Crippen LogP contribution in [0.25, 0.3) is 0 Å². The lowest BCUT2D eigenvalue weighted by Gasteiger charge is -2.26. The Hall–Kier alpha value is -2.04. The summed E-state index contributed by atoms with van der Waals surface area (Å²) in [5.41, 5.74) is 0.584. The van der Waals surface area contributed by atoms with E-state index >= 15 is 0 Å². The fourth-order valence-electron chi connectivity index (χ4n) is 1.35. The summed E-state index contributed by atoms with van der Waals surface area (Å²) in [5.74, 6) is -1.04. The van der Waals surface area contributed by atoms with E-state index in [1.54, 1.807) is 31.3 Å². The summed E-state index contributed by atoms with van der Waals surface area (Å²) >= 11 is 0. The van der Waals surface area contributed by atoms with Crippen LogP contribution in [0.5, 0.6) is 0 Å². The van der Waals surface area contributed by atoms with Crippen molar-refractivity contribution in [2.45, 2.75) is 6.92 Å². The largest absolute Gasteiger partial charge is 0.480 e. The number of nitrogens with zero attached hydrogens (tertiary/aromatic N) is 2. The first-order chi connectivity index (χ1) is 8.06. The van der Waals surface area contributed by atoms with Crippen LogP contribution in [-0.2, 0) is 4.79 Å². The van der Waals surface area contributed by atoms with Gasteiger partial charge in [0.05, 0.1) is 0 Å². The lowest BCUT2D eigenvalue weighted by Crippen LogP contribution is -2.43. The van der Waals surface area contributed by atoms with Gasteiger partial charge in [-0.2, -0.15) is 0 Å². The number of urea groups is 1. The number of benzene rings is 1. The first-order valence-corrected chi connectivity index (χ1v) is 5.35. The van der Waals surface area contributed by atoms with Crippen LogP contribution in [0.4, 0.5) is 10.5 Å². The zero-order chi connectivity index (χ0) is 12.8. The predicted octanol–water partition coefficient (Wildman–Crippen LogP) is 1.65. The van der Waals surface area contributed by atoms with Crippen LogP contribution < -0.4 is 4.90 Å². The number of aliphatic carboxylic acids is 1. The van der Waals surface area contributed by atoms with E-state index in [1.165, 1.54) is 9.80 Å². The first-order valence-electron chi connectivity index (χ1n) is 5.35. The maximum absolute atomic E-state index is 12.0. The Morgan fingerprint density at radius 1 is 1.24 bits per heavy atom. The fraction of sp³-hybridized carbons (Fsp3) is 0.333. The highest BCUT2D eigenvalue weighted by atomic mass is 16.4. The average Bonchev–Trinajstić information content (AvgIpc) is 2.35. The van der Waals surface area contributed by atoms with Crippen molar-refractivity contribution in [2.24, 2.45) is 0 Å². The first kappa shape index (κ1) is 13.0. The van der Waals surface area contributed by atoms with Crippen molar-refractivity contribution in [3.05, 3.63) is 30.3 Å². The average molecular weight is 236 g/mol. The highest BCUT2D eigenvalue weighted by Crippen LogP contribution is 2.14. The minimum Gasteiger partial charge on any atom is -0.480 e. The van der Waals surface area contributed by atoms with Crippen LogP contribution >= 0.6 is 0 Å². The molecule has 0 bridgehead atoms. The molecule has 0 saturated carbocycles. The van der Waals surface area contributed by atoms with Crippen LogP contribution in [0.1, 0.15) is 6.92 Å². The monoisotopic (exact) mass is 236 g/mol. The Balaban J connectivity index is 2.96. The van der Waals surface area contributed by atoms with Crippen LogP contribution in [0.3, 0.4) is 0 Å². The Morgan fingerprint density at radius 2 is 1.82 bits per heavy atom. The van der Waals surface area contributed by atoms with Gasteiger partial charge in [0, 0.05) is 19.3 Å². The molecule has 0 radical (unpaired) electrons. The summed E-state index contributed by atoms with van der Waals surface area (Å²) in [6, 6.07) is 8.46. The van der Waals surface area contributed by atoms with Gasteiger partial charge in [-0.15, -0.1) is 0 Å². The molecule has 0 atom stereocenters. The van der Waals surface area contributed by atoms with Crippen LogP contribution in [0.2, 0.25) is 0 Å². The maximum atomic E-state index is 12.0. The molecule has 0 heterocycles. The van der Waals surface area contributed by atoms with E-state index in [0.717, 1.165) is 0 Å². The number of carbonyl (C=O) groups excluding carboxylic acids is 1. The number of anilines is 1. The number of hydrogen-bond donors (Lipinski definition) is 1. The van der Waals surface area contributed by atoms with Crippen molar-refractivity contribution in [2.75, 3.05) is 25.0 Å². The highest BCUT2D eigenvalue weighted by Gasteiger charge is 2.20. The smallest absolute Gasteiger partial charge is 0.324 e. The van der Waals surface area contributed by atoms with Crippen LogP contribution in [0, 0.1) is 0 Å². The molecule has 0 aromatic heterocycles. The lowest BCUT2D eigenvalue weighted by molar-refractivity contribution is -0.135. The number of para-hydroxylation sites is 1. The van der Waals surface area contributed by atoms with Gasteiger partial charge >= 0.3 is 12.0 Å². The van der Waals surface area contributed by atoms with E-state index in [9.17, 15) is 9.59 Å². The standard InChI is InChI=1S/C12H16N2O3/c1-3-13(2)12(17)14(9-11(15)16)10-7-5-4-6-8-10/h4-8H,3,9H2,1-2H3,(H,15,16). The van der Waals surface area contributed by atoms with E-state index in [-0.39, 0.29) is 12.6 Å². The fourth-order valence-corrected chi connectivity index (χ4v) is 1.35. The van der Waals surface area contributed by atoms with Gasteiger partial charge in [-0.3, -0.25) is 9.69 Å². The minimum absolute atomic E-state index is 0.318. The van der Waals surface area contributed by atoms with Gasteiger partial charge in [0.15, 0.2) is 0 Å². The van der Waals surface area contributed by atoms with Crippen molar-refractivity contribution in [1.29, 1.82) is 0 Å². The molecule has 0 saturated heterocycles. The highest BCUT2D eigenvalue weighted by molar-refractivity contribution is 5.96. The number of rotatable bonds is 4. The summed E-state index contributed by atoms with van der Waals surface area (Å²) in [6.07, 6.45) is 0. The number of carboxylic acids is 1. The normalized spacial score (nSPS) is 9.76. The van der Waals surface area contributed by atoms with E-state index in [0.29, 0.717) is 12.2 Å². The molecule has 1 aromatic rings. The van der Waals surface area contributed by atoms with Gasteiger partial charge in [0.1, 0.15) is 6.54 Å². The van der Waals surface area contributed by atoms with Gasteiger partial charge < -0.3 is 10.0 Å². The summed E-state index contributed by atoms with van der Waals surface area (Å²) in [4.78, 5) is 25.5. The molecule has 92 valence electrons. The van der Waals surface area contributed by atoms with Crippen LogP contribution in [0.15, 0.2) is 30.3 Å². The third-order valence-corrected chi connectivity index (χ3v) is 2.39. The van der Waals surface area contributed by atoms with Gasteiger partial charge in [-0.25, -0.2) is 4.79 Å². The minimum atomic E-state index is -1.04. The Kier molecular flexibility index (Phi) is 4.51. The molecule has 0 aliphatic rings. The van der Waals surface area contributed by atoms with Crippen molar-refractivity contribution >= 4 is 17.7 Å². The quantitative estimate of drug-likeness (QED) is 0.864. The molecule has 0 aliphatic heterocycles. The zero-order valence-corrected chi connectivity index (χ0v) is 9.96. The molecule has 5 heteroatoms. The van der Waals surface area contributed by atoms with Gasteiger partial charge in [0.25, 0.3) is 0 Å². The van der Waals surface area contributed by atoms with E-state index in [4.69, 9.17) is 5.11 Å². The summed E-state index contributed by atoms with van der Waals surface area (Å²) in [5, 5.41) is 8.84. The molecular formula is C12H16N2O3. The second-order valence-corrected chi connectivity index (χ2v) is 3.61. The molecule has 1 rings (SSSR count). The van der Waals surface area contributed by atoms with Gasteiger partial charge in [-0.1, -0.05) is 18.2 Å². The molecular weight excluding hydrogens is 220 g/mol. The topological polar surface area (TPSA) is 60.9 Å². The van der Waals surface area contributed by atoms with Crippen molar-refractivity contribution in [1.82, 2.24) is 4.90 Å². The third kappa shape index (κ3) is 3.48. The number of hydrogen-bond acceptors (Lipinski definition) is 2. The lowest BCUT2D eigenvalue weighted by atomic mass is 10.3. The van der Waals surface area contributed by atoms with E-state index in [2.05, 4.69) is 0 Å². The molecule has 1 aromatic carbocycles. The molecule has 0 fully saturated rings. The summed E-state index contributed by atoms with van der Waals surface area (Å²) < 4.78 is 0. The zero-order valence-electron chi connectivity index (χ0n) is 9.96. The van der Waals surface area contributed by atoms with Crippen molar-refractivity contribution < 1.29 is 14.7 Å². The van der Waals surface area contributed by atoms with E-state index < -0.39 is 5.97 Å². The SMILES string of the molecule is CCN(C)C(=O)N(CC(=O)O)c1ccccc1. The predicted molar refractivity (Wildman–Crippen MR) is 65.1 cm³/mol. The van der Waals surface area contributed by atoms with Gasteiger partial charge in [0.2, 0.25) is 0 Å². The number of carbonyl (C=O) groups is 2. The van der Waals surface area contributed by atoms with Crippen molar-refractivity contribution in [3.63, 3.8) is 0 Å². The second kappa shape index (κ2) is 5.89. The second-order valence-electron chi connectivity index (χ2n) is 3.61. The molecule has 2 amide bonds. The summed E-state index contributed by atoms with van der Waals surface area (Å²) in [7, 11) is 1.64. The summed E-state index contributed by atoms with van der Waals surface area (Å²) in [6.45, 7) is 2.02. The van der Waals surface area contributed by atoms with E-state index in [1.807, 2.05) is 13.0 Å². The van der Waals surface area contributed by atoms with Crippen molar-refractivity contribution in [3.8, 4) is 0 Å². The van der Waals surface area contributed by atoms with Gasteiger partial charge in [-0.05, 0) is 19.1 Å². The molecule has 5 nitrogen and oxygen atoms in total. The Bertz CT molecular complexity index is 392.